The summed E-state index contributed by atoms with van der Waals surface area (Å²) in [4.78, 5) is 25.5. The number of hydrogen-bond acceptors (Lipinski definition) is 3. The Hall–Kier alpha value is -2.26. The van der Waals surface area contributed by atoms with Crippen LogP contribution in [0.25, 0.3) is 0 Å². The molecule has 1 saturated heterocycles. The Morgan fingerprint density at radius 2 is 1.68 bits per heavy atom. The molecule has 0 N–H and O–H groups in total. The molecule has 3 rings (SSSR count). The van der Waals surface area contributed by atoms with Crippen LogP contribution in [0, 0.1) is 5.92 Å². The third kappa shape index (κ3) is 4.23. The Balaban J connectivity index is 1.86. The van der Waals surface area contributed by atoms with Crippen LogP contribution in [-0.2, 0) is 9.53 Å². The van der Waals surface area contributed by atoms with Gasteiger partial charge in [-0.25, -0.2) is 0 Å². The zero-order valence-electron chi connectivity index (χ0n) is 14.8. The summed E-state index contributed by atoms with van der Waals surface area (Å²) in [7, 11) is 0. The molecule has 3 nitrogen and oxygen atoms in total. The minimum atomic E-state index is -0.418. The van der Waals surface area contributed by atoms with Crippen molar-refractivity contribution in [1.29, 1.82) is 0 Å². The van der Waals surface area contributed by atoms with E-state index in [1.54, 1.807) is 0 Å². The fraction of sp³-hybridized carbons (Fsp3) is 0.364. The molecule has 2 unspecified atom stereocenters. The Kier molecular flexibility index (Phi) is 5.14. The lowest BCUT2D eigenvalue weighted by molar-refractivity contribution is -0.145. The van der Waals surface area contributed by atoms with E-state index in [4.69, 9.17) is 4.74 Å². The van der Waals surface area contributed by atoms with Gasteiger partial charge in [-0.2, -0.15) is 0 Å². The van der Waals surface area contributed by atoms with Gasteiger partial charge in [0, 0.05) is 30.2 Å². The summed E-state index contributed by atoms with van der Waals surface area (Å²) in [5.41, 5.74) is 1.29. The van der Waals surface area contributed by atoms with E-state index in [0.29, 0.717) is 25.0 Å². The van der Waals surface area contributed by atoms with Crippen molar-refractivity contribution in [3.05, 3.63) is 71.8 Å². The number of rotatable bonds is 5. The van der Waals surface area contributed by atoms with E-state index in [1.165, 1.54) is 0 Å². The Bertz CT molecular complexity index is 734. The number of carbonyl (C=O) groups excluding carboxylic acids is 2. The molecular formula is C22H24O3. The lowest BCUT2D eigenvalue weighted by Crippen LogP contribution is -2.42. The van der Waals surface area contributed by atoms with Crippen molar-refractivity contribution in [1.82, 2.24) is 0 Å². The molecule has 0 aliphatic carbocycles. The van der Waals surface area contributed by atoms with Crippen LogP contribution >= 0.6 is 0 Å². The van der Waals surface area contributed by atoms with Crippen molar-refractivity contribution in [2.24, 2.45) is 5.92 Å². The van der Waals surface area contributed by atoms with Crippen LogP contribution in [0.5, 0.6) is 0 Å². The zero-order valence-corrected chi connectivity index (χ0v) is 14.8. The maximum atomic E-state index is 12.8. The van der Waals surface area contributed by atoms with Gasteiger partial charge in [-0.1, -0.05) is 60.7 Å². The lowest BCUT2D eigenvalue weighted by Gasteiger charge is -2.37. The Morgan fingerprint density at radius 3 is 2.28 bits per heavy atom. The van der Waals surface area contributed by atoms with Crippen molar-refractivity contribution in [2.75, 3.05) is 6.61 Å². The molecule has 0 radical (unpaired) electrons. The highest BCUT2D eigenvalue weighted by molar-refractivity contribution is 5.97. The molecule has 1 heterocycles. The highest BCUT2D eigenvalue weighted by atomic mass is 16.5. The molecule has 2 aromatic carbocycles. The number of hydrogen-bond donors (Lipinski definition) is 0. The first-order chi connectivity index (χ1) is 12.0. The van der Waals surface area contributed by atoms with Crippen LogP contribution in [0.3, 0.4) is 0 Å². The maximum absolute atomic E-state index is 12.8. The second-order valence-corrected chi connectivity index (χ2v) is 7.33. The molecular weight excluding hydrogens is 312 g/mol. The predicted octanol–water partition coefficient (Wildman–Crippen LogP) is 4.43. The summed E-state index contributed by atoms with van der Waals surface area (Å²) in [5, 5.41) is 0. The van der Waals surface area contributed by atoms with Crippen LogP contribution in [-0.4, -0.2) is 23.8 Å². The number of carbonyl (C=O) groups is 2. The van der Waals surface area contributed by atoms with Gasteiger partial charge >= 0.3 is 0 Å². The molecule has 25 heavy (non-hydrogen) atoms. The quantitative estimate of drug-likeness (QED) is 0.759. The van der Waals surface area contributed by atoms with Crippen molar-refractivity contribution in [3.8, 4) is 0 Å². The van der Waals surface area contributed by atoms with Crippen LogP contribution < -0.4 is 0 Å². The van der Waals surface area contributed by atoms with Crippen molar-refractivity contribution in [3.63, 3.8) is 0 Å². The van der Waals surface area contributed by atoms with Gasteiger partial charge in [0.05, 0.1) is 12.2 Å². The minimum Gasteiger partial charge on any atom is -0.374 e. The number of benzene rings is 2. The van der Waals surface area contributed by atoms with Gasteiger partial charge in [0.25, 0.3) is 0 Å². The largest absolute Gasteiger partial charge is 0.374 e. The summed E-state index contributed by atoms with van der Waals surface area (Å²) in [6.45, 7) is 4.25. The molecule has 2 aromatic rings. The third-order valence-electron chi connectivity index (χ3n) is 4.88. The number of ether oxygens (including phenoxy) is 1. The number of Topliss-reactive ketones (excluding diaryl/α,β-unsaturated/α-hetero) is 2. The van der Waals surface area contributed by atoms with E-state index in [2.05, 4.69) is 0 Å². The average Bonchev–Trinajstić information content (AvgIpc) is 2.61. The lowest BCUT2D eigenvalue weighted by atomic mass is 9.76. The standard InChI is InChI=1S/C22H24O3/c1-22(2)14-21(24)19(15-25-22)18(16-9-5-3-6-10-16)13-20(23)17-11-7-4-8-12-17/h3-12,18-19H,13-15H2,1-2H3. The Labute approximate surface area is 149 Å². The van der Waals surface area contributed by atoms with E-state index >= 15 is 0 Å². The minimum absolute atomic E-state index is 0.0621. The van der Waals surface area contributed by atoms with Gasteiger partial charge in [0.2, 0.25) is 0 Å². The molecule has 0 bridgehead atoms. The van der Waals surface area contributed by atoms with Gasteiger partial charge < -0.3 is 4.74 Å². The molecule has 0 spiro atoms. The fourth-order valence-electron chi connectivity index (χ4n) is 3.48. The van der Waals surface area contributed by atoms with Crippen molar-refractivity contribution in [2.45, 2.75) is 38.2 Å². The van der Waals surface area contributed by atoms with Crippen molar-refractivity contribution < 1.29 is 14.3 Å². The first-order valence-corrected chi connectivity index (χ1v) is 8.76. The fourth-order valence-corrected chi connectivity index (χ4v) is 3.48. The summed E-state index contributed by atoms with van der Waals surface area (Å²) in [6.07, 6.45) is 0.703. The van der Waals surface area contributed by atoms with Crippen LogP contribution in [0.2, 0.25) is 0 Å². The van der Waals surface area contributed by atoms with Gasteiger partial charge in [0.15, 0.2) is 5.78 Å². The smallest absolute Gasteiger partial charge is 0.163 e. The van der Waals surface area contributed by atoms with Gasteiger partial charge in [-0.05, 0) is 19.4 Å². The van der Waals surface area contributed by atoms with E-state index in [0.717, 1.165) is 5.56 Å². The summed E-state index contributed by atoms with van der Waals surface area (Å²) >= 11 is 0. The van der Waals surface area contributed by atoms with E-state index in [-0.39, 0.29) is 23.4 Å². The summed E-state index contributed by atoms with van der Waals surface area (Å²) < 4.78 is 5.91. The predicted molar refractivity (Wildman–Crippen MR) is 97.7 cm³/mol. The average molecular weight is 336 g/mol. The molecule has 2 atom stereocenters. The van der Waals surface area contributed by atoms with E-state index in [9.17, 15) is 9.59 Å². The third-order valence-corrected chi connectivity index (χ3v) is 4.88. The molecule has 0 aromatic heterocycles. The second-order valence-electron chi connectivity index (χ2n) is 7.33. The normalized spacial score (nSPS) is 20.9. The molecule has 130 valence electrons. The van der Waals surface area contributed by atoms with E-state index in [1.807, 2.05) is 74.5 Å². The summed E-state index contributed by atoms with van der Waals surface area (Å²) in [5.74, 6) is -0.182. The molecule has 3 heteroatoms. The molecule has 0 saturated carbocycles. The first kappa shape index (κ1) is 17.6. The van der Waals surface area contributed by atoms with Gasteiger partial charge in [-0.15, -0.1) is 0 Å². The van der Waals surface area contributed by atoms with Crippen LogP contribution in [0.15, 0.2) is 60.7 Å². The summed E-state index contributed by atoms with van der Waals surface area (Å²) in [6, 6.07) is 19.1. The number of ketones is 2. The van der Waals surface area contributed by atoms with E-state index < -0.39 is 5.60 Å². The monoisotopic (exact) mass is 336 g/mol. The second kappa shape index (κ2) is 7.32. The van der Waals surface area contributed by atoms with Gasteiger partial charge in [-0.3, -0.25) is 9.59 Å². The molecule has 0 amide bonds. The van der Waals surface area contributed by atoms with Crippen molar-refractivity contribution >= 4 is 11.6 Å². The van der Waals surface area contributed by atoms with Crippen LogP contribution in [0.1, 0.15) is 48.5 Å². The van der Waals surface area contributed by atoms with Crippen LogP contribution in [0.4, 0.5) is 0 Å². The van der Waals surface area contributed by atoms with Gasteiger partial charge in [0.1, 0.15) is 5.78 Å². The zero-order chi connectivity index (χ0) is 17.9. The topological polar surface area (TPSA) is 43.4 Å². The highest BCUT2D eigenvalue weighted by Gasteiger charge is 2.39. The molecule has 1 fully saturated rings. The maximum Gasteiger partial charge on any atom is 0.163 e. The molecule has 1 aliphatic rings. The highest BCUT2D eigenvalue weighted by Crippen LogP contribution is 2.36. The molecule has 1 aliphatic heterocycles. The Morgan fingerprint density at radius 1 is 1.08 bits per heavy atom. The first-order valence-electron chi connectivity index (χ1n) is 8.76. The SMILES string of the molecule is CC1(C)CC(=O)C(C(CC(=O)c2ccccc2)c2ccccc2)CO1.